The first kappa shape index (κ1) is 14.0. The van der Waals surface area contributed by atoms with E-state index in [0.717, 1.165) is 32.6 Å². The van der Waals surface area contributed by atoms with Crippen molar-refractivity contribution in [1.82, 2.24) is 4.90 Å². The first-order chi connectivity index (χ1) is 8.13. The van der Waals surface area contributed by atoms with E-state index in [-0.39, 0.29) is 0 Å². The Labute approximate surface area is 105 Å². The maximum Gasteiger partial charge on any atom is 0.0366 e. The van der Waals surface area contributed by atoms with Crippen LogP contribution in [-0.2, 0) is 0 Å². The van der Waals surface area contributed by atoms with Crippen LogP contribution in [0.1, 0.15) is 12.0 Å². The molecule has 3 nitrogen and oxygen atoms in total. The second-order valence-electron chi connectivity index (χ2n) is 4.77. The summed E-state index contributed by atoms with van der Waals surface area (Å²) < 4.78 is 0. The van der Waals surface area contributed by atoms with Gasteiger partial charge in [0.05, 0.1) is 0 Å². The van der Waals surface area contributed by atoms with Gasteiger partial charge in [-0.05, 0) is 46.1 Å². The molecule has 1 rings (SSSR count). The van der Waals surface area contributed by atoms with Crippen molar-refractivity contribution in [2.75, 3.05) is 45.2 Å². The largest absolute Gasteiger partial charge is 0.370 e. The summed E-state index contributed by atoms with van der Waals surface area (Å²) >= 11 is 0. The van der Waals surface area contributed by atoms with Crippen molar-refractivity contribution in [2.45, 2.75) is 13.3 Å². The number of likely N-dealkylation sites (N-methyl/N-ethyl adjacent to an activating group) is 1. The van der Waals surface area contributed by atoms with E-state index in [9.17, 15) is 0 Å². The summed E-state index contributed by atoms with van der Waals surface area (Å²) in [6.45, 7) is 6.03. The van der Waals surface area contributed by atoms with Crippen LogP contribution in [0.2, 0.25) is 0 Å². The molecule has 0 aromatic heterocycles. The van der Waals surface area contributed by atoms with Crippen LogP contribution in [-0.4, -0.2) is 45.2 Å². The van der Waals surface area contributed by atoms with E-state index in [0.29, 0.717) is 0 Å². The number of nitrogens with two attached hydrogens (primary N) is 1. The van der Waals surface area contributed by atoms with Gasteiger partial charge in [0.2, 0.25) is 0 Å². The fourth-order valence-corrected chi connectivity index (χ4v) is 1.73. The molecule has 0 aliphatic rings. The van der Waals surface area contributed by atoms with Gasteiger partial charge in [0.1, 0.15) is 0 Å². The Balaban J connectivity index is 2.63. The van der Waals surface area contributed by atoms with Gasteiger partial charge in [-0.25, -0.2) is 0 Å². The molecule has 1 aromatic carbocycles. The highest BCUT2D eigenvalue weighted by Crippen LogP contribution is 2.15. The van der Waals surface area contributed by atoms with E-state index in [1.54, 1.807) is 0 Å². The highest BCUT2D eigenvalue weighted by molar-refractivity contribution is 5.47. The minimum atomic E-state index is 0.754. The molecular formula is C14H25N3. The molecule has 0 radical (unpaired) electrons. The second-order valence-corrected chi connectivity index (χ2v) is 4.77. The summed E-state index contributed by atoms with van der Waals surface area (Å²) in [6, 6.07) is 8.73. The Morgan fingerprint density at radius 1 is 1.00 bits per heavy atom. The monoisotopic (exact) mass is 235 g/mol. The number of benzene rings is 1. The zero-order valence-electron chi connectivity index (χ0n) is 11.3. The fraction of sp³-hybridized carbons (Fsp3) is 0.571. The third-order valence-electron chi connectivity index (χ3n) is 2.85. The third kappa shape index (κ3) is 5.20. The maximum absolute atomic E-state index is 5.60. The Morgan fingerprint density at radius 3 is 2.18 bits per heavy atom. The van der Waals surface area contributed by atoms with E-state index in [4.69, 9.17) is 5.73 Å². The fourth-order valence-electron chi connectivity index (χ4n) is 1.73. The van der Waals surface area contributed by atoms with Crippen LogP contribution in [0.4, 0.5) is 5.69 Å². The van der Waals surface area contributed by atoms with Crippen molar-refractivity contribution < 1.29 is 0 Å². The molecule has 3 heteroatoms. The van der Waals surface area contributed by atoms with Crippen LogP contribution >= 0.6 is 0 Å². The molecule has 96 valence electrons. The van der Waals surface area contributed by atoms with Crippen molar-refractivity contribution >= 4 is 5.69 Å². The lowest BCUT2D eigenvalue weighted by Gasteiger charge is -2.26. The van der Waals surface area contributed by atoms with Crippen molar-refractivity contribution in [3.05, 3.63) is 29.8 Å². The maximum atomic E-state index is 5.60. The average molecular weight is 235 g/mol. The minimum absolute atomic E-state index is 0.754. The normalized spacial score (nSPS) is 10.9. The lowest BCUT2D eigenvalue weighted by Crippen LogP contribution is -2.33. The molecule has 0 fully saturated rings. The molecule has 1 aromatic rings. The van der Waals surface area contributed by atoms with Gasteiger partial charge in [-0.1, -0.05) is 17.7 Å². The van der Waals surface area contributed by atoms with Crippen LogP contribution in [0.15, 0.2) is 24.3 Å². The highest BCUT2D eigenvalue weighted by atomic mass is 15.2. The third-order valence-corrected chi connectivity index (χ3v) is 2.85. The van der Waals surface area contributed by atoms with Crippen molar-refractivity contribution in [3.8, 4) is 0 Å². The van der Waals surface area contributed by atoms with E-state index in [2.05, 4.69) is 55.1 Å². The molecule has 0 unspecified atom stereocenters. The summed E-state index contributed by atoms with van der Waals surface area (Å²) in [6.07, 6.45) is 1.04. The Bertz CT molecular complexity index is 306. The summed E-state index contributed by atoms with van der Waals surface area (Å²) in [4.78, 5) is 4.62. The van der Waals surface area contributed by atoms with Gasteiger partial charge >= 0.3 is 0 Å². The van der Waals surface area contributed by atoms with E-state index in [1.807, 2.05) is 0 Å². The molecule has 0 aliphatic heterocycles. The Morgan fingerprint density at radius 2 is 1.65 bits per heavy atom. The molecule has 0 spiro atoms. The summed E-state index contributed by atoms with van der Waals surface area (Å²) in [5.74, 6) is 0. The average Bonchev–Trinajstić information content (AvgIpc) is 2.30. The second kappa shape index (κ2) is 7.30. The molecule has 0 saturated carbocycles. The first-order valence-corrected chi connectivity index (χ1v) is 6.30. The van der Waals surface area contributed by atoms with Crippen LogP contribution in [0, 0.1) is 6.92 Å². The van der Waals surface area contributed by atoms with Gasteiger partial charge in [-0.2, -0.15) is 0 Å². The molecule has 17 heavy (non-hydrogen) atoms. The van der Waals surface area contributed by atoms with Crippen molar-refractivity contribution in [2.24, 2.45) is 5.73 Å². The van der Waals surface area contributed by atoms with E-state index in [1.165, 1.54) is 11.3 Å². The molecule has 0 saturated heterocycles. The molecule has 0 aliphatic carbocycles. The predicted octanol–water partition coefficient (Wildman–Crippen LogP) is 1.71. The van der Waals surface area contributed by atoms with Gasteiger partial charge in [0.25, 0.3) is 0 Å². The standard InChI is InChI=1S/C14H25N3/c1-13-5-7-14(8-6-13)17(10-4-9-15)12-11-16(2)3/h5-8H,4,9-12,15H2,1-3H3. The smallest absolute Gasteiger partial charge is 0.0366 e. The van der Waals surface area contributed by atoms with Crippen LogP contribution in [0.3, 0.4) is 0 Å². The Kier molecular flexibility index (Phi) is 6.01. The number of anilines is 1. The Hall–Kier alpha value is -1.06. The van der Waals surface area contributed by atoms with Crippen LogP contribution in [0.5, 0.6) is 0 Å². The zero-order chi connectivity index (χ0) is 12.7. The van der Waals surface area contributed by atoms with Crippen molar-refractivity contribution in [3.63, 3.8) is 0 Å². The molecule has 2 N–H and O–H groups in total. The van der Waals surface area contributed by atoms with Gasteiger partial charge in [-0.15, -0.1) is 0 Å². The van der Waals surface area contributed by atoms with Gasteiger partial charge < -0.3 is 15.5 Å². The summed E-state index contributed by atoms with van der Waals surface area (Å²) in [7, 11) is 4.21. The molecular weight excluding hydrogens is 210 g/mol. The van der Waals surface area contributed by atoms with Crippen LogP contribution in [0.25, 0.3) is 0 Å². The molecule has 0 heterocycles. The number of nitrogens with zero attached hydrogens (tertiary/aromatic N) is 2. The molecule has 0 atom stereocenters. The van der Waals surface area contributed by atoms with Gasteiger partial charge in [0.15, 0.2) is 0 Å². The van der Waals surface area contributed by atoms with Gasteiger partial charge in [0, 0.05) is 25.3 Å². The summed E-state index contributed by atoms with van der Waals surface area (Å²) in [5.41, 5.74) is 8.20. The van der Waals surface area contributed by atoms with E-state index >= 15 is 0 Å². The number of rotatable bonds is 7. The first-order valence-electron chi connectivity index (χ1n) is 6.30. The van der Waals surface area contributed by atoms with Gasteiger partial charge in [-0.3, -0.25) is 0 Å². The van der Waals surface area contributed by atoms with E-state index < -0.39 is 0 Å². The minimum Gasteiger partial charge on any atom is -0.370 e. The number of hydrogen-bond acceptors (Lipinski definition) is 3. The lowest BCUT2D eigenvalue weighted by atomic mass is 10.2. The highest BCUT2D eigenvalue weighted by Gasteiger charge is 2.05. The molecule has 0 bridgehead atoms. The summed E-state index contributed by atoms with van der Waals surface area (Å²) in [5, 5.41) is 0. The molecule has 0 amide bonds. The topological polar surface area (TPSA) is 32.5 Å². The SMILES string of the molecule is Cc1ccc(N(CCCN)CCN(C)C)cc1. The van der Waals surface area contributed by atoms with Crippen molar-refractivity contribution in [1.29, 1.82) is 0 Å². The predicted molar refractivity (Wildman–Crippen MR) is 75.6 cm³/mol. The number of hydrogen-bond donors (Lipinski definition) is 1. The lowest BCUT2D eigenvalue weighted by molar-refractivity contribution is 0.412. The zero-order valence-corrected chi connectivity index (χ0v) is 11.3. The van der Waals surface area contributed by atoms with Crippen LogP contribution < -0.4 is 10.6 Å². The quantitative estimate of drug-likeness (QED) is 0.781. The number of aryl methyl sites for hydroxylation is 1.